The van der Waals surface area contributed by atoms with Crippen LogP contribution in [-0.4, -0.2) is 20.2 Å². The zero-order valence-corrected chi connectivity index (χ0v) is 11.2. The van der Waals surface area contributed by atoms with Crippen molar-refractivity contribution in [2.24, 2.45) is 0 Å². The number of aromatic nitrogens is 4. The molecule has 0 atom stereocenters. The molecule has 3 heterocycles. The maximum absolute atomic E-state index is 11.9. The fraction of sp³-hybridized carbons (Fsp3) is 0.0769. The first-order valence-corrected chi connectivity index (χ1v) is 6.85. The van der Waals surface area contributed by atoms with Gasteiger partial charge in [0.2, 0.25) is 5.95 Å². The summed E-state index contributed by atoms with van der Waals surface area (Å²) in [5.41, 5.74) is 0.937. The monoisotopic (exact) mass is 285 g/mol. The Kier molecular flexibility index (Phi) is 3.51. The second-order valence-corrected chi connectivity index (χ2v) is 4.95. The first kappa shape index (κ1) is 12.5. The normalized spacial score (nSPS) is 10.4. The Hall–Kier alpha value is -2.54. The molecule has 0 amide bonds. The lowest BCUT2D eigenvalue weighted by molar-refractivity contribution is 0.921. The Morgan fingerprint density at radius 3 is 2.85 bits per heavy atom. The van der Waals surface area contributed by atoms with Crippen molar-refractivity contribution in [3.63, 3.8) is 0 Å². The van der Waals surface area contributed by atoms with Crippen LogP contribution in [-0.2, 0) is 6.54 Å². The highest BCUT2D eigenvalue weighted by Gasteiger charge is 2.08. The highest BCUT2D eigenvalue weighted by molar-refractivity contribution is 7.13. The summed E-state index contributed by atoms with van der Waals surface area (Å²) in [7, 11) is 0. The first-order valence-electron chi connectivity index (χ1n) is 5.97. The summed E-state index contributed by atoms with van der Waals surface area (Å²) < 4.78 is 0. The third-order valence-corrected chi connectivity index (χ3v) is 3.49. The number of rotatable bonds is 4. The molecule has 0 saturated carbocycles. The number of pyridine rings is 1. The van der Waals surface area contributed by atoms with Crippen molar-refractivity contribution >= 4 is 17.3 Å². The van der Waals surface area contributed by atoms with Crippen LogP contribution in [0.5, 0.6) is 0 Å². The molecule has 0 bridgehead atoms. The average Bonchev–Trinajstić information content (AvgIpc) is 3.00. The van der Waals surface area contributed by atoms with E-state index in [1.54, 1.807) is 6.20 Å². The molecule has 0 aromatic carbocycles. The largest absolute Gasteiger partial charge is 0.349 e. The van der Waals surface area contributed by atoms with Crippen molar-refractivity contribution in [3.05, 3.63) is 58.0 Å². The summed E-state index contributed by atoms with van der Waals surface area (Å²) in [6, 6.07) is 9.34. The van der Waals surface area contributed by atoms with Crippen LogP contribution in [0.15, 0.2) is 46.7 Å². The molecule has 20 heavy (non-hydrogen) atoms. The topological polar surface area (TPSA) is 83.6 Å². The van der Waals surface area contributed by atoms with E-state index in [2.05, 4.69) is 25.5 Å². The second-order valence-electron chi connectivity index (χ2n) is 4.00. The van der Waals surface area contributed by atoms with E-state index in [0.29, 0.717) is 18.2 Å². The maximum Gasteiger partial charge on any atom is 0.279 e. The van der Waals surface area contributed by atoms with Gasteiger partial charge in [-0.05, 0) is 23.6 Å². The number of hydrogen-bond donors (Lipinski definition) is 2. The van der Waals surface area contributed by atoms with Crippen LogP contribution in [0.3, 0.4) is 0 Å². The van der Waals surface area contributed by atoms with E-state index in [1.165, 1.54) is 11.3 Å². The molecule has 3 aromatic rings. The summed E-state index contributed by atoms with van der Waals surface area (Å²) in [5, 5.41) is 12.8. The molecule has 6 nitrogen and oxygen atoms in total. The lowest BCUT2D eigenvalue weighted by Gasteiger charge is -2.04. The average molecular weight is 285 g/mol. The Morgan fingerprint density at radius 2 is 2.15 bits per heavy atom. The van der Waals surface area contributed by atoms with E-state index in [9.17, 15) is 4.79 Å². The van der Waals surface area contributed by atoms with E-state index < -0.39 is 0 Å². The van der Waals surface area contributed by atoms with Gasteiger partial charge in [0.05, 0.1) is 17.1 Å². The van der Waals surface area contributed by atoms with Crippen LogP contribution < -0.4 is 10.9 Å². The van der Waals surface area contributed by atoms with Gasteiger partial charge in [-0.3, -0.25) is 14.8 Å². The van der Waals surface area contributed by atoms with E-state index in [0.717, 1.165) is 10.6 Å². The molecule has 0 saturated heterocycles. The summed E-state index contributed by atoms with van der Waals surface area (Å²) in [6.45, 7) is 0.476. The van der Waals surface area contributed by atoms with Crippen LogP contribution in [0.25, 0.3) is 10.6 Å². The van der Waals surface area contributed by atoms with E-state index >= 15 is 0 Å². The molecule has 0 aliphatic carbocycles. The van der Waals surface area contributed by atoms with Crippen molar-refractivity contribution in [3.8, 4) is 10.6 Å². The second kappa shape index (κ2) is 5.62. The Bertz CT molecular complexity index is 739. The molecular formula is C13H11N5OS. The van der Waals surface area contributed by atoms with E-state index in [-0.39, 0.29) is 5.56 Å². The summed E-state index contributed by atoms with van der Waals surface area (Å²) >= 11 is 1.45. The molecule has 3 rings (SSSR count). The lowest BCUT2D eigenvalue weighted by atomic mass is 10.3. The first-order chi connectivity index (χ1) is 9.83. The maximum atomic E-state index is 11.9. The molecular weight excluding hydrogens is 274 g/mol. The number of H-pyrrole nitrogens is 1. The van der Waals surface area contributed by atoms with Gasteiger partial charge in [-0.1, -0.05) is 12.1 Å². The summed E-state index contributed by atoms with van der Waals surface area (Å²) in [6.07, 6.45) is 1.71. The van der Waals surface area contributed by atoms with Gasteiger partial charge < -0.3 is 5.32 Å². The fourth-order valence-electron chi connectivity index (χ4n) is 1.67. The number of nitrogens with zero attached hydrogens (tertiary/aromatic N) is 3. The third-order valence-electron chi connectivity index (χ3n) is 2.61. The minimum atomic E-state index is -0.258. The van der Waals surface area contributed by atoms with Gasteiger partial charge in [-0.15, -0.1) is 21.5 Å². The van der Waals surface area contributed by atoms with Crippen LogP contribution in [0, 0.1) is 0 Å². The van der Waals surface area contributed by atoms with Gasteiger partial charge in [0.1, 0.15) is 0 Å². The minimum Gasteiger partial charge on any atom is -0.349 e. The molecule has 0 unspecified atom stereocenters. The van der Waals surface area contributed by atoms with Gasteiger partial charge in [-0.25, -0.2) is 0 Å². The molecule has 2 N–H and O–H groups in total. The molecule has 0 spiro atoms. The summed E-state index contributed by atoms with van der Waals surface area (Å²) in [4.78, 5) is 19.6. The van der Waals surface area contributed by atoms with Crippen LogP contribution >= 0.6 is 11.3 Å². The van der Waals surface area contributed by atoms with Crippen molar-refractivity contribution in [2.45, 2.75) is 6.54 Å². The number of thiophene rings is 1. The van der Waals surface area contributed by atoms with Crippen LogP contribution in [0.2, 0.25) is 0 Å². The predicted octanol–water partition coefficient (Wildman–Crippen LogP) is 1.90. The molecule has 0 fully saturated rings. The van der Waals surface area contributed by atoms with Crippen molar-refractivity contribution < 1.29 is 0 Å². The summed E-state index contributed by atoms with van der Waals surface area (Å²) in [5.74, 6) is 0.334. The number of aromatic amines is 1. The smallest absolute Gasteiger partial charge is 0.279 e. The SMILES string of the molecule is O=c1[nH]c(NCc2ccccn2)nnc1-c1cccs1. The van der Waals surface area contributed by atoms with Crippen molar-refractivity contribution in [1.82, 2.24) is 20.2 Å². The quantitative estimate of drug-likeness (QED) is 0.765. The zero-order chi connectivity index (χ0) is 13.8. The molecule has 100 valence electrons. The molecule has 0 aliphatic rings. The number of anilines is 1. The predicted molar refractivity (Wildman–Crippen MR) is 77.5 cm³/mol. The van der Waals surface area contributed by atoms with E-state index in [1.807, 2.05) is 35.7 Å². The fourth-order valence-corrected chi connectivity index (χ4v) is 2.37. The van der Waals surface area contributed by atoms with Gasteiger partial charge in [-0.2, -0.15) is 0 Å². The van der Waals surface area contributed by atoms with Crippen LogP contribution in [0.4, 0.5) is 5.95 Å². The number of nitrogens with one attached hydrogen (secondary N) is 2. The molecule has 3 aromatic heterocycles. The van der Waals surface area contributed by atoms with Crippen molar-refractivity contribution in [1.29, 1.82) is 0 Å². The molecule has 0 aliphatic heterocycles. The zero-order valence-electron chi connectivity index (χ0n) is 10.4. The third kappa shape index (κ3) is 2.72. The van der Waals surface area contributed by atoms with Crippen molar-refractivity contribution in [2.75, 3.05) is 5.32 Å². The van der Waals surface area contributed by atoms with Gasteiger partial charge >= 0.3 is 0 Å². The lowest BCUT2D eigenvalue weighted by Crippen LogP contribution is -2.16. The highest BCUT2D eigenvalue weighted by atomic mass is 32.1. The van der Waals surface area contributed by atoms with Gasteiger partial charge in [0.15, 0.2) is 5.69 Å². The molecule has 7 heteroatoms. The van der Waals surface area contributed by atoms with E-state index in [4.69, 9.17) is 0 Å². The highest BCUT2D eigenvalue weighted by Crippen LogP contribution is 2.18. The Balaban J connectivity index is 1.76. The van der Waals surface area contributed by atoms with Crippen LogP contribution in [0.1, 0.15) is 5.69 Å². The van der Waals surface area contributed by atoms with Gasteiger partial charge in [0, 0.05) is 6.20 Å². The Morgan fingerprint density at radius 1 is 1.20 bits per heavy atom. The standard InChI is InChI=1S/C13H11N5OS/c19-12-11(10-5-3-7-20-10)17-18-13(16-12)15-8-9-4-1-2-6-14-9/h1-7H,8H2,(H2,15,16,18,19). The molecule has 0 radical (unpaired) electrons. The number of hydrogen-bond acceptors (Lipinski definition) is 6. The van der Waals surface area contributed by atoms with Gasteiger partial charge in [0.25, 0.3) is 5.56 Å². The minimum absolute atomic E-state index is 0.258. The Labute approximate surface area is 118 Å².